The Morgan fingerprint density at radius 2 is 2.00 bits per heavy atom. The average molecular weight is 257 g/mol. The molecule has 0 amide bonds. The molecule has 88 valence electrons. The maximum absolute atomic E-state index is 12.5. The Hall–Kier alpha value is -1.76. The highest BCUT2D eigenvalue weighted by atomic mass is 32.1. The number of H-pyrrole nitrogens is 1. The Labute approximate surface area is 99.4 Å². The van der Waals surface area contributed by atoms with Crippen LogP contribution >= 0.6 is 12.2 Å². The molecule has 0 atom stereocenters. The van der Waals surface area contributed by atoms with Gasteiger partial charge >= 0.3 is 6.18 Å². The van der Waals surface area contributed by atoms with Crippen LogP contribution in [0.25, 0.3) is 11.4 Å². The molecule has 0 aromatic carbocycles. The largest absolute Gasteiger partial charge is 0.449 e. The quantitative estimate of drug-likeness (QED) is 0.797. The zero-order valence-corrected chi connectivity index (χ0v) is 9.14. The highest BCUT2D eigenvalue weighted by Crippen LogP contribution is 2.27. The Balaban J connectivity index is 2.58. The Bertz CT molecular complexity index is 577. The van der Waals surface area contributed by atoms with E-state index < -0.39 is 12.0 Å². The molecule has 0 spiro atoms. The molecule has 2 rings (SSSR count). The van der Waals surface area contributed by atoms with E-state index in [1.54, 1.807) is 18.2 Å². The SMILES string of the molecule is FC(F)(F)c1nc(=S)cc(-c2ccccn2)[nH]1. The lowest BCUT2D eigenvalue weighted by Crippen LogP contribution is -2.11. The van der Waals surface area contributed by atoms with Gasteiger partial charge in [0.2, 0.25) is 5.82 Å². The summed E-state index contributed by atoms with van der Waals surface area (Å²) in [7, 11) is 0. The third-order valence-electron chi connectivity index (χ3n) is 1.95. The van der Waals surface area contributed by atoms with Gasteiger partial charge in [-0.15, -0.1) is 0 Å². The number of hydrogen-bond acceptors (Lipinski definition) is 3. The van der Waals surface area contributed by atoms with E-state index in [1.165, 1.54) is 12.3 Å². The van der Waals surface area contributed by atoms with Crippen LogP contribution in [0.5, 0.6) is 0 Å². The predicted octanol–water partition coefficient (Wildman–Crippen LogP) is 3.22. The van der Waals surface area contributed by atoms with Crippen LogP contribution in [0, 0.1) is 4.64 Å². The van der Waals surface area contributed by atoms with E-state index in [9.17, 15) is 13.2 Å². The Morgan fingerprint density at radius 1 is 1.24 bits per heavy atom. The third kappa shape index (κ3) is 2.68. The summed E-state index contributed by atoms with van der Waals surface area (Å²) in [6.45, 7) is 0. The molecule has 0 saturated heterocycles. The molecule has 0 bridgehead atoms. The van der Waals surface area contributed by atoms with Crippen LogP contribution in [0.2, 0.25) is 0 Å². The van der Waals surface area contributed by atoms with Gasteiger partial charge in [-0.1, -0.05) is 18.3 Å². The van der Waals surface area contributed by atoms with E-state index in [0.717, 1.165) is 0 Å². The molecule has 3 nitrogen and oxygen atoms in total. The summed E-state index contributed by atoms with van der Waals surface area (Å²) < 4.78 is 37.4. The van der Waals surface area contributed by atoms with Gasteiger partial charge in [-0.05, 0) is 12.1 Å². The van der Waals surface area contributed by atoms with Gasteiger partial charge in [-0.3, -0.25) is 4.98 Å². The molecule has 2 aromatic heterocycles. The minimum absolute atomic E-state index is 0.128. The molecule has 0 radical (unpaired) electrons. The molecule has 2 heterocycles. The van der Waals surface area contributed by atoms with Crippen molar-refractivity contribution < 1.29 is 13.2 Å². The Morgan fingerprint density at radius 3 is 2.59 bits per heavy atom. The normalized spacial score (nSPS) is 11.5. The second-order valence-corrected chi connectivity index (χ2v) is 3.61. The van der Waals surface area contributed by atoms with Crippen LogP contribution in [0.1, 0.15) is 5.82 Å². The zero-order valence-electron chi connectivity index (χ0n) is 8.32. The van der Waals surface area contributed by atoms with Gasteiger partial charge in [0, 0.05) is 12.3 Å². The van der Waals surface area contributed by atoms with Crippen molar-refractivity contribution in [2.75, 3.05) is 0 Å². The van der Waals surface area contributed by atoms with Gasteiger partial charge in [-0.25, -0.2) is 4.98 Å². The summed E-state index contributed by atoms with van der Waals surface area (Å²) >= 11 is 4.70. The minimum atomic E-state index is -4.56. The van der Waals surface area contributed by atoms with E-state index in [4.69, 9.17) is 12.2 Å². The van der Waals surface area contributed by atoms with Crippen molar-refractivity contribution in [3.8, 4) is 11.4 Å². The molecule has 0 saturated carbocycles. The molecular formula is C10H6F3N3S. The van der Waals surface area contributed by atoms with Gasteiger partial charge in [0.05, 0.1) is 11.4 Å². The van der Waals surface area contributed by atoms with Crippen LogP contribution < -0.4 is 0 Å². The van der Waals surface area contributed by atoms with E-state index in [2.05, 4.69) is 15.0 Å². The third-order valence-corrected chi connectivity index (χ3v) is 2.16. The van der Waals surface area contributed by atoms with E-state index in [1.807, 2.05) is 0 Å². The first kappa shape index (κ1) is 11.7. The maximum atomic E-state index is 12.5. The van der Waals surface area contributed by atoms with Gasteiger partial charge in [0.25, 0.3) is 0 Å². The minimum Gasteiger partial charge on any atom is -0.334 e. The van der Waals surface area contributed by atoms with Crippen molar-refractivity contribution in [1.29, 1.82) is 0 Å². The predicted molar refractivity (Wildman–Crippen MR) is 57.7 cm³/mol. The highest BCUT2D eigenvalue weighted by Gasteiger charge is 2.34. The van der Waals surface area contributed by atoms with Crippen molar-refractivity contribution in [2.45, 2.75) is 6.18 Å². The monoisotopic (exact) mass is 257 g/mol. The maximum Gasteiger partial charge on any atom is 0.449 e. The van der Waals surface area contributed by atoms with Crippen molar-refractivity contribution in [3.05, 3.63) is 40.9 Å². The summed E-state index contributed by atoms with van der Waals surface area (Å²) in [5.41, 5.74) is 0.574. The van der Waals surface area contributed by atoms with Crippen molar-refractivity contribution in [3.63, 3.8) is 0 Å². The summed E-state index contributed by atoms with van der Waals surface area (Å²) in [5.74, 6) is -1.12. The molecule has 1 N–H and O–H groups in total. The fourth-order valence-electron chi connectivity index (χ4n) is 1.25. The van der Waals surface area contributed by atoms with Crippen molar-refractivity contribution in [1.82, 2.24) is 15.0 Å². The number of halogens is 3. The molecule has 17 heavy (non-hydrogen) atoms. The van der Waals surface area contributed by atoms with Crippen LogP contribution in [0.3, 0.4) is 0 Å². The average Bonchev–Trinajstić information content (AvgIpc) is 2.28. The molecule has 2 aromatic rings. The van der Waals surface area contributed by atoms with E-state index in [-0.39, 0.29) is 10.3 Å². The number of aromatic amines is 1. The van der Waals surface area contributed by atoms with Gasteiger partial charge in [0.15, 0.2) is 0 Å². The van der Waals surface area contributed by atoms with E-state index in [0.29, 0.717) is 5.69 Å². The van der Waals surface area contributed by atoms with Crippen LogP contribution in [-0.2, 0) is 6.18 Å². The number of nitrogens with zero attached hydrogens (tertiary/aromatic N) is 2. The number of nitrogens with one attached hydrogen (secondary N) is 1. The molecule has 0 fully saturated rings. The van der Waals surface area contributed by atoms with Gasteiger partial charge < -0.3 is 4.98 Å². The summed E-state index contributed by atoms with van der Waals surface area (Å²) in [4.78, 5) is 9.35. The summed E-state index contributed by atoms with van der Waals surface area (Å²) in [6, 6.07) is 6.27. The highest BCUT2D eigenvalue weighted by molar-refractivity contribution is 7.71. The number of hydrogen-bond donors (Lipinski definition) is 1. The summed E-state index contributed by atoms with van der Waals surface area (Å²) in [6.07, 6.45) is -3.07. The lowest BCUT2D eigenvalue weighted by molar-refractivity contribution is -0.144. The molecule has 0 aliphatic heterocycles. The molecular weight excluding hydrogens is 251 g/mol. The first-order chi connectivity index (χ1) is 7.97. The second-order valence-electron chi connectivity index (χ2n) is 3.19. The fourth-order valence-corrected chi connectivity index (χ4v) is 1.46. The van der Waals surface area contributed by atoms with Crippen molar-refractivity contribution in [2.24, 2.45) is 0 Å². The molecule has 0 aliphatic carbocycles. The van der Waals surface area contributed by atoms with E-state index >= 15 is 0 Å². The van der Waals surface area contributed by atoms with Crippen LogP contribution in [-0.4, -0.2) is 15.0 Å². The first-order valence-corrected chi connectivity index (χ1v) is 4.97. The lowest BCUT2D eigenvalue weighted by Gasteiger charge is -2.07. The Kier molecular flexibility index (Phi) is 2.93. The fraction of sp³-hybridized carbons (Fsp3) is 0.100. The molecule has 7 heteroatoms. The van der Waals surface area contributed by atoms with Crippen LogP contribution in [0.15, 0.2) is 30.5 Å². The number of aromatic nitrogens is 3. The van der Waals surface area contributed by atoms with Gasteiger partial charge in [-0.2, -0.15) is 13.2 Å². The van der Waals surface area contributed by atoms with Crippen molar-refractivity contribution >= 4 is 12.2 Å². The standard InChI is InChI=1S/C10H6F3N3S/c11-10(12,13)9-15-7(5-8(17)16-9)6-3-1-2-4-14-6/h1-5H,(H,15,16,17). The van der Waals surface area contributed by atoms with Crippen LogP contribution in [0.4, 0.5) is 13.2 Å². The number of alkyl halides is 3. The number of rotatable bonds is 1. The lowest BCUT2D eigenvalue weighted by atomic mass is 10.2. The zero-order chi connectivity index (χ0) is 12.5. The van der Waals surface area contributed by atoms with Gasteiger partial charge in [0.1, 0.15) is 4.64 Å². The topological polar surface area (TPSA) is 41.6 Å². The molecule has 0 unspecified atom stereocenters. The first-order valence-electron chi connectivity index (χ1n) is 4.57. The molecule has 0 aliphatic rings. The second kappa shape index (κ2) is 4.25. The summed E-state index contributed by atoms with van der Waals surface area (Å²) in [5, 5.41) is 0. The number of pyridine rings is 1. The smallest absolute Gasteiger partial charge is 0.334 e.